The van der Waals surface area contributed by atoms with E-state index >= 15 is 0 Å². The van der Waals surface area contributed by atoms with Crippen LogP contribution in [-0.4, -0.2) is 28.9 Å². The first-order chi connectivity index (χ1) is 12.8. The first-order valence-corrected chi connectivity index (χ1v) is 8.57. The van der Waals surface area contributed by atoms with E-state index in [2.05, 4.69) is 5.32 Å². The van der Waals surface area contributed by atoms with E-state index in [1.807, 2.05) is 0 Å². The van der Waals surface area contributed by atoms with E-state index in [1.165, 1.54) is 6.26 Å². The van der Waals surface area contributed by atoms with Gasteiger partial charge in [-0.25, -0.2) is 0 Å². The third kappa shape index (κ3) is 5.87. The lowest BCUT2D eigenvalue weighted by atomic mass is 10.1. The van der Waals surface area contributed by atoms with E-state index in [0.29, 0.717) is 16.9 Å². The van der Waals surface area contributed by atoms with Crippen LogP contribution in [0.25, 0.3) is 0 Å². The zero-order valence-electron chi connectivity index (χ0n) is 14.5. The molecule has 1 aliphatic rings. The highest BCUT2D eigenvalue weighted by Crippen LogP contribution is 2.23. The van der Waals surface area contributed by atoms with E-state index in [9.17, 15) is 22.8 Å². The first kappa shape index (κ1) is 19.0. The second kappa shape index (κ2) is 7.85. The summed E-state index contributed by atoms with van der Waals surface area (Å²) in [6.45, 7) is -0.0774. The number of nitrogens with zero attached hydrogens (tertiary/aromatic N) is 1. The molecule has 1 saturated carbocycles. The van der Waals surface area contributed by atoms with Crippen molar-refractivity contribution < 1.29 is 27.2 Å². The van der Waals surface area contributed by atoms with Crippen LogP contribution in [-0.2, 0) is 17.9 Å². The average Bonchev–Trinajstić information content (AvgIpc) is 3.25. The Morgan fingerprint density at radius 1 is 1.11 bits per heavy atom. The molecule has 2 aromatic rings. The molecule has 0 bridgehead atoms. The summed E-state index contributed by atoms with van der Waals surface area (Å²) in [5.74, 6) is -0.815. The molecule has 1 aliphatic carbocycles. The van der Waals surface area contributed by atoms with Gasteiger partial charge in [0.15, 0.2) is 0 Å². The van der Waals surface area contributed by atoms with Gasteiger partial charge in [-0.1, -0.05) is 12.1 Å². The first-order valence-electron chi connectivity index (χ1n) is 8.57. The highest BCUT2D eigenvalue weighted by molar-refractivity contribution is 5.94. The molecule has 3 rings (SSSR count). The fourth-order valence-electron chi connectivity index (χ4n) is 2.58. The van der Waals surface area contributed by atoms with Gasteiger partial charge in [0.2, 0.25) is 5.91 Å². The van der Waals surface area contributed by atoms with Crippen molar-refractivity contribution in [1.82, 2.24) is 10.2 Å². The number of nitrogens with one attached hydrogen (secondary N) is 1. The summed E-state index contributed by atoms with van der Waals surface area (Å²) in [4.78, 5) is 25.2. The van der Waals surface area contributed by atoms with Gasteiger partial charge in [0, 0.05) is 18.2 Å². The second-order valence-electron chi connectivity index (χ2n) is 6.57. The molecule has 0 spiro atoms. The predicted octanol–water partition coefficient (Wildman–Crippen LogP) is 3.65. The molecule has 5 nitrogen and oxygen atoms in total. The zero-order chi connectivity index (χ0) is 19.4. The van der Waals surface area contributed by atoms with Gasteiger partial charge < -0.3 is 14.6 Å². The number of amides is 2. The van der Waals surface area contributed by atoms with E-state index in [1.54, 1.807) is 36.4 Å². The van der Waals surface area contributed by atoms with Crippen LogP contribution in [0, 0.1) is 0 Å². The molecule has 144 valence electrons. The molecule has 27 heavy (non-hydrogen) atoms. The fraction of sp³-hybridized carbons (Fsp3) is 0.368. The third-order valence-electron chi connectivity index (χ3n) is 4.13. The molecule has 2 amide bonds. The molecule has 1 aromatic heterocycles. The van der Waals surface area contributed by atoms with Crippen LogP contribution in [0.3, 0.4) is 0 Å². The number of benzene rings is 1. The van der Waals surface area contributed by atoms with Crippen molar-refractivity contribution in [2.24, 2.45) is 0 Å². The number of alkyl halides is 3. The van der Waals surface area contributed by atoms with Crippen LogP contribution < -0.4 is 5.32 Å². The van der Waals surface area contributed by atoms with Crippen molar-refractivity contribution in [1.29, 1.82) is 0 Å². The number of rotatable bonds is 7. The van der Waals surface area contributed by atoms with Crippen molar-refractivity contribution in [2.75, 3.05) is 0 Å². The fourth-order valence-corrected chi connectivity index (χ4v) is 2.58. The molecule has 0 aliphatic heterocycles. The molecule has 0 radical (unpaired) electrons. The largest absolute Gasteiger partial charge is 0.467 e. The highest BCUT2D eigenvalue weighted by atomic mass is 19.4. The van der Waals surface area contributed by atoms with Gasteiger partial charge in [-0.3, -0.25) is 9.59 Å². The van der Waals surface area contributed by atoms with Gasteiger partial charge in [0.05, 0.1) is 12.8 Å². The van der Waals surface area contributed by atoms with Crippen LogP contribution in [0.4, 0.5) is 13.2 Å². The van der Waals surface area contributed by atoms with E-state index < -0.39 is 18.5 Å². The number of carbonyl (C=O) groups is 2. The molecule has 0 saturated heterocycles. The molecule has 1 N–H and O–H groups in total. The summed E-state index contributed by atoms with van der Waals surface area (Å²) in [6, 6.07) is 9.92. The highest BCUT2D eigenvalue weighted by Gasteiger charge is 2.33. The van der Waals surface area contributed by atoms with Crippen molar-refractivity contribution in [3.8, 4) is 0 Å². The van der Waals surface area contributed by atoms with Crippen LogP contribution in [0.1, 0.15) is 40.9 Å². The minimum Gasteiger partial charge on any atom is -0.467 e. The van der Waals surface area contributed by atoms with Gasteiger partial charge in [0.25, 0.3) is 5.91 Å². The summed E-state index contributed by atoms with van der Waals surface area (Å²) in [6.07, 6.45) is -2.76. The summed E-state index contributed by atoms with van der Waals surface area (Å²) >= 11 is 0. The Hall–Kier alpha value is -2.77. The summed E-state index contributed by atoms with van der Waals surface area (Å²) < 4.78 is 43.0. The topological polar surface area (TPSA) is 62.6 Å². The van der Waals surface area contributed by atoms with Gasteiger partial charge in [-0.2, -0.15) is 13.2 Å². The quantitative estimate of drug-likeness (QED) is 0.798. The lowest BCUT2D eigenvalue weighted by Crippen LogP contribution is -2.33. The standard InChI is InChI=1S/C19H19F3N2O3/c20-19(21,22)10-17(25)24(12-16-2-1-9-27-16)11-13-3-5-14(6-4-13)18(26)23-15-7-8-15/h1-6,9,15H,7-8,10-12H2,(H,23,26). The number of furan rings is 1. The monoisotopic (exact) mass is 380 g/mol. The zero-order valence-corrected chi connectivity index (χ0v) is 14.5. The molecule has 8 heteroatoms. The third-order valence-corrected chi connectivity index (χ3v) is 4.13. The Morgan fingerprint density at radius 3 is 2.37 bits per heavy atom. The van der Waals surface area contributed by atoms with Gasteiger partial charge in [-0.05, 0) is 42.7 Å². The van der Waals surface area contributed by atoms with Crippen LogP contribution >= 0.6 is 0 Å². The van der Waals surface area contributed by atoms with Crippen molar-refractivity contribution >= 4 is 11.8 Å². The molecule has 1 fully saturated rings. The van der Waals surface area contributed by atoms with Gasteiger partial charge in [-0.15, -0.1) is 0 Å². The Kier molecular flexibility index (Phi) is 5.53. The smallest absolute Gasteiger partial charge is 0.397 e. The molecular weight excluding hydrogens is 361 g/mol. The Morgan fingerprint density at radius 2 is 1.81 bits per heavy atom. The molecule has 1 aromatic carbocycles. The van der Waals surface area contributed by atoms with Gasteiger partial charge in [0.1, 0.15) is 12.2 Å². The minimum atomic E-state index is -4.58. The predicted molar refractivity (Wildman–Crippen MR) is 90.6 cm³/mol. The molecule has 0 unspecified atom stereocenters. The molecule has 1 heterocycles. The van der Waals surface area contributed by atoms with Crippen LogP contribution in [0.2, 0.25) is 0 Å². The number of hydrogen-bond acceptors (Lipinski definition) is 3. The normalized spacial score (nSPS) is 14.0. The van der Waals surface area contributed by atoms with Crippen molar-refractivity contribution in [3.05, 3.63) is 59.5 Å². The Bertz CT molecular complexity index is 782. The number of carbonyl (C=O) groups excluding carboxylic acids is 2. The summed E-state index contributed by atoms with van der Waals surface area (Å²) in [5, 5.41) is 2.86. The van der Waals surface area contributed by atoms with E-state index in [0.717, 1.165) is 17.7 Å². The Balaban J connectivity index is 1.68. The summed E-state index contributed by atoms with van der Waals surface area (Å²) in [7, 11) is 0. The summed E-state index contributed by atoms with van der Waals surface area (Å²) in [5.41, 5.74) is 1.10. The van der Waals surface area contributed by atoms with Crippen molar-refractivity contribution in [3.63, 3.8) is 0 Å². The molecular formula is C19H19F3N2O3. The number of hydrogen-bond donors (Lipinski definition) is 1. The maximum Gasteiger partial charge on any atom is 0.397 e. The van der Waals surface area contributed by atoms with Gasteiger partial charge >= 0.3 is 6.18 Å². The Labute approximate surface area is 154 Å². The van der Waals surface area contributed by atoms with E-state index in [-0.39, 0.29) is 25.0 Å². The maximum absolute atomic E-state index is 12.6. The van der Waals surface area contributed by atoms with Crippen molar-refractivity contribution in [2.45, 2.75) is 44.6 Å². The SMILES string of the molecule is O=C(NC1CC1)c1ccc(CN(Cc2ccco2)C(=O)CC(F)(F)F)cc1. The van der Waals surface area contributed by atoms with E-state index in [4.69, 9.17) is 4.42 Å². The molecule has 0 atom stereocenters. The maximum atomic E-state index is 12.6. The van der Waals surface area contributed by atoms with Crippen LogP contribution in [0.15, 0.2) is 47.1 Å². The lowest BCUT2D eigenvalue weighted by Gasteiger charge is -2.22. The average molecular weight is 380 g/mol. The lowest BCUT2D eigenvalue weighted by molar-refractivity contribution is -0.162. The number of halogens is 3. The van der Waals surface area contributed by atoms with Crippen LogP contribution in [0.5, 0.6) is 0 Å². The second-order valence-corrected chi connectivity index (χ2v) is 6.57. The minimum absolute atomic E-state index is 0.0138.